The summed E-state index contributed by atoms with van der Waals surface area (Å²) in [6.07, 6.45) is 1.14. The lowest BCUT2D eigenvalue weighted by Gasteiger charge is -2.16. The second-order valence-corrected chi connectivity index (χ2v) is 3.43. The number of para-hydroxylation sites is 1. The Hall–Kier alpha value is -1.35. The van der Waals surface area contributed by atoms with Crippen LogP contribution in [0.4, 0.5) is 5.69 Å². The molecule has 1 aromatic rings. The predicted molar refractivity (Wildman–Crippen MR) is 54.2 cm³/mol. The highest BCUT2D eigenvalue weighted by molar-refractivity contribution is 6.01. The van der Waals surface area contributed by atoms with E-state index >= 15 is 0 Å². The molecule has 3 nitrogen and oxygen atoms in total. The Morgan fingerprint density at radius 2 is 2.14 bits per heavy atom. The van der Waals surface area contributed by atoms with Crippen LogP contribution in [0.15, 0.2) is 24.3 Å². The molecule has 74 valence electrons. The molecule has 2 rings (SSSR count). The Labute approximate surface area is 83.0 Å². The van der Waals surface area contributed by atoms with E-state index < -0.39 is 0 Å². The van der Waals surface area contributed by atoms with Crippen LogP contribution in [0, 0.1) is 0 Å². The van der Waals surface area contributed by atoms with Crippen molar-refractivity contribution in [3.8, 4) is 0 Å². The number of anilines is 1. The molecule has 0 aromatic heterocycles. The molecule has 0 spiro atoms. The second kappa shape index (κ2) is 3.80. The maximum absolute atomic E-state index is 11.6. The van der Waals surface area contributed by atoms with E-state index in [1.807, 2.05) is 24.3 Å². The molecule has 0 fully saturated rings. The van der Waals surface area contributed by atoms with Crippen molar-refractivity contribution in [2.75, 3.05) is 18.1 Å². The van der Waals surface area contributed by atoms with E-state index in [4.69, 9.17) is 5.11 Å². The van der Waals surface area contributed by atoms with Crippen molar-refractivity contribution in [3.05, 3.63) is 29.8 Å². The van der Waals surface area contributed by atoms with Crippen molar-refractivity contribution < 1.29 is 9.90 Å². The first-order chi connectivity index (χ1) is 6.83. The summed E-state index contributed by atoms with van der Waals surface area (Å²) < 4.78 is 0. The molecule has 3 heteroatoms. The first-order valence-corrected chi connectivity index (χ1v) is 4.82. The van der Waals surface area contributed by atoms with Gasteiger partial charge < -0.3 is 10.0 Å². The van der Waals surface area contributed by atoms with Crippen LogP contribution < -0.4 is 4.90 Å². The fourth-order valence-corrected chi connectivity index (χ4v) is 1.79. The Bertz CT molecular complexity index is 349. The van der Waals surface area contributed by atoms with Crippen LogP contribution >= 0.6 is 0 Å². The minimum atomic E-state index is 0.131. The van der Waals surface area contributed by atoms with Crippen LogP contribution in [-0.2, 0) is 11.2 Å². The van der Waals surface area contributed by atoms with Gasteiger partial charge in [0.15, 0.2) is 0 Å². The van der Waals surface area contributed by atoms with Gasteiger partial charge in [0.25, 0.3) is 0 Å². The molecule has 1 aliphatic heterocycles. The third-order valence-electron chi connectivity index (χ3n) is 2.46. The number of carbonyl (C=O) groups is 1. The molecule has 1 aliphatic rings. The molecule has 1 aromatic carbocycles. The van der Waals surface area contributed by atoms with Crippen LogP contribution in [0.1, 0.15) is 12.0 Å². The van der Waals surface area contributed by atoms with Crippen LogP contribution in [0.25, 0.3) is 0 Å². The topological polar surface area (TPSA) is 40.5 Å². The van der Waals surface area contributed by atoms with E-state index in [-0.39, 0.29) is 12.5 Å². The Morgan fingerprint density at radius 1 is 1.36 bits per heavy atom. The van der Waals surface area contributed by atoms with Crippen molar-refractivity contribution in [1.82, 2.24) is 0 Å². The molecular formula is C11H13NO2. The summed E-state index contributed by atoms with van der Waals surface area (Å²) in [6.45, 7) is 0.748. The number of hydrogen-bond donors (Lipinski definition) is 1. The lowest BCUT2D eigenvalue weighted by molar-refractivity contribution is -0.117. The van der Waals surface area contributed by atoms with Gasteiger partial charge in [-0.2, -0.15) is 0 Å². The van der Waals surface area contributed by atoms with Gasteiger partial charge in [0.05, 0.1) is 6.42 Å². The fraction of sp³-hybridized carbons (Fsp3) is 0.364. The maximum atomic E-state index is 11.6. The van der Waals surface area contributed by atoms with Crippen molar-refractivity contribution in [2.24, 2.45) is 0 Å². The van der Waals surface area contributed by atoms with Gasteiger partial charge in [0.2, 0.25) is 5.91 Å². The molecule has 0 saturated carbocycles. The summed E-state index contributed by atoms with van der Waals surface area (Å²) >= 11 is 0. The number of hydrogen-bond acceptors (Lipinski definition) is 2. The zero-order valence-corrected chi connectivity index (χ0v) is 7.94. The average molecular weight is 191 g/mol. The van der Waals surface area contributed by atoms with E-state index in [2.05, 4.69) is 0 Å². The van der Waals surface area contributed by atoms with Crippen LogP contribution in [0.2, 0.25) is 0 Å². The summed E-state index contributed by atoms with van der Waals surface area (Å²) in [4.78, 5) is 13.3. The van der Waals surface area contributed by atoms with E-state index in [1.165, 1.54) is 0 Å². The Morgan fingerprint density at radius 3 is 2.93 bits per heavy atom. The van der Waals surface area contributed by atoms with Crippen LogP contribution in [0.5, 0.6) is 0 Å². The van der Waals surface area contributed by atoms with Gasteiger partial charge in [-0.3, -0.25) is 4.79 Å². The highest BCUT2D eigenvalue weighted by Crippen LogP contribution is 2.28. The maximum Gasteiger partial charge on any atom is 0.231 e. The summed E-state index contributed by atoms with van der Waals surface area (Å²) in [5.74, 6) is 0.139. The third kappa shape index (κ3) is 1.51. The van der Waals surface area contributed by atoms with Gasteiger partial charge >= 0.3 is 0 Å². The quantitative estimate of drug-likeness (QED) is 0.773. The van der Waals surface area contributed by atoms with Crippen molar-refractivity contribution in [1.29, 1.82) is 0 Å². The molecule has 1 heterocycles. The molecule has 1 amide bonds. The van der Waals surface area contributed by atoms with Crippen LogP contribution in [0.3, 0.4) is 0 Å². The van der Waals surface area contributed by atoms with Gasteiger partial charge in [-0.1, -0.05) is 18.2 Å². The number of rotatable bonds is 3. The average Bonchev–Trinajstić information content (AvgIpc) is 2.51. The van der Waals surface area contributed by atoms with Gasteiger partial charge in [0.1, 0.15) is 0 Å². The number of fused-ring (bicyclic) bond motifs is 1. The van der Waals surface area contributed by atoms with Crippen molar-refractivity contribution >= 4 is 11.6 Å². The Balaban J connectivity index is 2.21. The number of aliphatic hydroxyl groups is 1. The summed E-state index contributed by atoms with van der Waals surface area (Å²) in [5.41, 5.74) is 2.10. The second-order valence-electron chi connectivity index (χ2n) is 3.43. The zero-order valence-electron chi connectivity index (χ0n) is 7.94. The fourth-order valence-electron chi connectivity index (χ4n) is 1.79. The SMILES string of the molecule is O=C1Cc2ccccc2N1CCCO. The number of benzene rings is 1. The highest BCUT2D eigenvalue weighted by Gasteiger charge is 2.25. The normalized spacial score (nSPS) is 14.6. The number of carbonyl (C=O) groups excluding carboxylic acids is 1. The molecule has 0 atom stereocenters. The number of aliphatic hydroxyl groups excluding tert-OH is 1. The minimum absolute atomic E-state index is 0.131. The van der Waals surface area contributed by atoms with Crippen molar-refractivity contribution in [3.63, 3.8) is 0 Å². The largest absolute Gasteiger partial charge is 0.396 e. The smallest absolute Gasteiger partial charge is 0.231 e. The first-order valence-electron chi connectivity index (χ1n) is 4.82. The first kappa shape index (κ1) is 9.21. The van der Waals surface area contributed by atoms with E-state index in [0.29, 0.717) is 19.4 Å². The van der Waals surface area contributed by atoms with Gasteiger partial charge in [-0.05, 0) is 18.1 Å². The molecule has 0 bridgehead atoms. The molecule has 1 N–H and O–H groups in total. The molecule has 0 unspecified atom stereocenters. The summed E-state index contributed by atoms with van der Waals surface area (Å²) in [7, 11) is 0. The monoisotopic (exact) mass is 191 g/mol. The predicted octanol–water partition coefficient (Wildman–Crippen LogP) is 0.958. The molecule has 14 heavy (non-hydrogen) atoms. The zero-order chi connectivity index (χ0) is 9.97. The molecule has 0 saturated heterocycles. The summed E-state index contributed by atoms with van der Waals surface area (Å²) in [5, 5.41) is 8.72. The van der Waals surface area contributed by atoms with Gasteiger partial charge in [-0.25, -0.2) is 0 Å². The standard InChI is InChI=1S/C11H13NO2/c13-7-3-6-12-10-5-2-1-4-9(10)8-11(12)14/h1-2,4-5,13H,3,6-8H2. The lowest BCUT2D eigenvalue weighted by Crippen LogP contribution is -2.28. The number of amides is 1. The Kier molecular flexibility index (Phi) is 2.50. The summed E-state index contributed by atoms with van der Waals surface area (Å²) in [6, 6.07) is 7.81. The lowest BCUT2D eigenvalue weighted by atomic mass is 10.2. The number of nitrogens with zero attached hydrogens (tertiary/aromatic N) is 1. The van der Waals surface area contributed by atoms with E-state index in [9.17, 15) is 4.79 Å². The van der Waals surface area contributed by atoms with E-state index in [1.54, 1.807) is 4.90 Å². The van der Waals surface area contributed by atoms with Gasteiger partial charge in [-0.15, -0.1) is 0 Å². The van der Waals surface area contributed by atoms with Gasteiger partial charge in [0, 0.05) is 18.8 Å². The molecule has 0 aliphatic carbocycles. The molecule has 0 radical (unpaired) electrons. The minimum Gasteiger partial charge on any atom is -0.396 e. The van der Waals surface area contributed by atoms with Crippen LogP contribution in [-0.4, -0.2) is 24.2 Å². The molecular weight excluding hydrogens is 178 g/mol. The third-order valence-corrected chi connectivity index (χ3v) is 2.46. The highest BCUT2D eigenvalue weighted by atomic mass is 16.3. The van der Waals surface area contributed by atoms with E-state index in [0.717, 1.165) is 11.3 Å². The van der Waals surface area contributed by atoms with Crippen molar-refractivity contribution in [2.45, 2.75) is 12.8 Å².